The Labute approximate surface area is 61.7 Å². The van der Waals surface area contributed by atoms with Gasteiger partial charge in [-0.1, -0.05) is 24.3 Å². The summed E-state index contributed by atoms with van der Waals surface area (Å²) < 4.78 is 7.43. The lowest BCUT2D eigenvalue weighted by Gasteiger charge is -1.93. The maximum atomic E-state index is 9.38. The van der Waals surface area contributed by atoms with E-state index in [2.05, 4.69) is 0 Å². The lowest BCUT2D eigenvalue weighted by Crippen LogP contribution is -2.03. The van der Waals surface area contributed by atoms with Crippen LogP contribution in [0, 0.1) is 0 Å². The molecular formula is C9H10O. The van der Waals surface area contributed by atoms with Crippen molar-refractivity contribution in [1.29, 1.82) is 0 Å². The Morgan fingerprint density at radius 2 is 1.80 bits per heavy atom. The molecule has 0 aliphatic heterocycles. The SMILES string of the molecule is [2H]C1(O)Cc2ccccc2C1. The van der Waals surface area contributed by atoms with Gasteiger partial charge in [0.05, 0.1) is 7.45 Å². The van der Waals surface area contributed by atoms with E-state index in [4.69, 9.17) is 1.37 Å². The van der Waals surface area contributed by atoms with Crippen molar-refractivity contribution in [3.05, 3.63) is 35.4 Å². The molecule has 0 bridgehead atoms. The number of benzene rings is 1. The fraction of sp³-hybridized carbons (Fsp3) is 0.333. The van der Waals surface area contributed by atoms with Crippen LogP contribution in [0.3, 0.4) is 0 Å². The molecular weight excluding hydrogens is 124 g/mol. The molecule has 10 heavy (non-hydrogen) atoms. The molecule has 0 amide bonds. The predicted octanol–water partition coefficient (Wildman–Crippen LogP) is 1.15. The normalized spacial score (nSPS) is 21.9. The van der Waals surface area contributed by atoms with E-state index in [9.17, 15) is 5.11 Å². The van der Waals surface area contributed by atoms with Crippen molar-refractivity contribution in [3.63, 3.8) is 0 Å². The van der Waals surface area contributed by atoms with Crippen LogP contribution in [-0.4, -0.2) is 11.2 Å². The topological polar surface area (TPSA) is 20.2 Å². The maximum absolute atomic E-state index is 9.38. The van der Waals surface area contributed by atoms with Crippen molar-refractivity contribution in [2.75, 3.05) is 0 Å². The maximum Gasteiger partial charge on any atom is 0.0621 e. The second-order valence-electron chi connectivity index (χ2n) is 2.69. The number of fused-ring (bicyclic) bond motifs is 1. The van der Waals surface area contributed by atoms with Crippen LogP contribution in [0.25, 0.3) is 0 Å². The molecule has 1 aromatic rings. The molecule has 0 fully saturated rings. The second-order valence-corrected chi connectivity index (χ2v) is 2.69. The molecule has 0 saturated heterocycles. The summed E-state index contributed by atoms with van der Waals surface area (Å²) in [5.41, 5.74) is 2.23. The van der Waals surface area contributed by atoms with Gasteiger partial charge in [0.2, 0.25) is 0 Å². The van der Waals surface area contributed by atoms with Gasteiger partial charge in [-0.3, -0.25) is 0 Å². The van der Waals surface area contributed by atoms with Gasteiger partial charge in [-0.05, 0) is 24.0 Å². The van der Waals surface area contributed by atoms with E-state index in [0.717, 1.165) is 11.1 Å². The fourth-order valence-corrected chi connectivity index (χ4v) is 1.40. The lowest BCUT2D eigenvalue weighted by atomic mass is 10.1. The highest BCUT2D eigenvalue weighted by Gasteiger charge is 2.17. The molecule has 0 atom stereocenters. The Hall–Kier alpha value is -0.820. The molecule has 0 aromatic heterocycles. The van der Waals surface area contributed by atoms with Crippen molar-refractivity contribution >= 4 is 0 Å². The number of hydrogen-bond acceptors (Lipinski definition) is 1. The van der Waals surface area contributed by atoms with Crippen LogP contribution >= 0.6 is 0 Å². The highest BCUT2D eigenvalue weighted by Crippen LogP contribution is 2.20. The summed E-state index contributed by atoms with van der Waals surface area (Å²) in [6, 6.07) is 7.84. The molecule has 1 N–H and O–H groups in total. The summed E-state index contributed by atoms with van der Waals surface area (Å²) in [7, 11) is 0. The summed E-state index contributed by atoms with van der Waals surface area (Å²) in [6.07, 6.45) is -0.296. The molecule has 0 heterocycles. The number of aliphatic hydroxyl groups is 1. The molecule has 0 radical (unpaired) electrons. The molecule has 1 aromatic carbocycles. The third-order valence-electron chi connectivity index (χ3n) is 1.91. The largest absolute Gasteiger partial charge is 0.392 e. The Balaban J connectivity index is 2.41. The van der Waals surface area contributed by atoms with E-state index < -0.39 is 6.08 Å². The molecule has 1 aliphatic carbocycles. The van der Waals surface area contributed by atoms with Crippen LogP contribution in [0.5, 0.6) is 0 Å². The molecule has 0 spiro atoms. The summed E-state index contributed by atoms with van der Waals surface area (Å²) in [4.78, 5) is 0. The first-order chi connectivity index (χ1) is 5.17. The van der Waals surface area contributed by atoms with Crippen LogP contribution < -0.4 is 0 Å². The highest BCUT2D eigenvalue weighted by atomic mass is 16.3. The van der Waals surface area contributed by atoms with Gasteiger partial charge in [0, 0.05) is 0 Å². The van der Waals surface area contributed by atoms with Crippen molar-refractivity contribution in [1.82, 2.24) is 0 Å². The van der Waals surface area contributed by atoms with Gasteiger partial charge in [-0.15, -0.1) is 0 Å². The molecule has 2 rings (SSSR count). The van der Waals surface area contributed by atoms with Crippen LogP contribution in [0.15, 0.2) is 24.3 Å². The fourth-order valence-electron chi connectivity index (χ4n) is 1.40. The zero-order chi connectivity index (χ0) is 7.90. The average molecular weight is 135 g/mol. The van der Waals surface area contributed by atoms with Gasteiger partial charge in [-0.25, -0.2) is 0 Å². The van der Waals surface area contributed by atoms with Gasteiger partial charge in [0.15, 0.2) is 0 Å². The average Bonchev–Trinajstić information content (AvgIpc) is 2.21. The van der Waals surface area contributed by atoms with Crippen molar-refractivity contribution in [3.8, 4) is 0 Å². The molecule has 52 valence electrons. The second kappa shape index (κ2) is 2.10. The van der Waals surface area contributed by atoms with E-state index in [1.807, 2.05) is 24.3 Å². The van der Waals surface area contributed by atoms with Gasteiger partial charge in [0.1, 0.15) is 0 Å². The molecule has 0 saturated carbocycles. The Morgan fingerprint density at radius 3 is 2.30 bits per heavy atom. The van der Waals surface area contributed by atoms with E-state index in [1.54, 1.807) is 0 Å². The molecule has 1 heteroatoms. The summed E-state index contributed by atoms with van der Waals surface area (Å²) >= 11 is 0. The Kier molecular flexibility index (Phi) is 1.03. The van der Waals surface area contributed by atoms with Crippen molar-refractivity contribution in [2.24, 2.45) is 0 Å². The van der Waals surface area contributed by atoms with E-state index in [1.165, 1.54) is 0 Å². The third kappa shape index (κ3) is 0.830. The number of hydrogen-bond donors (Lipinski definition) is 1. The lowest BCUT2D eigenvalue weighted by molar-refractivity contribution is 0.187. The van der Waals surface area contributed by atoms with Crippen LogP contribution in [0.4, 0.5) is 0 Å². The standard InChI is InChI=1S/C9H10O/c10-9-5-7-3-1-2-4-8(7)6-9/h1-4,9-10H,5-6H2/i9D. The van der Waals surface area contributed by atoms with Crippen LogP contribution in [0.1, 0.15) is 12.5 Å². The van der Waals surface area contributed by atoms with E-state index in [0.29, 0.717) is 12.8 Å². The predicted molar refractivity (Wildman–Crippen MR) is 39.9 cm³/mol. The van der Waals surface area contributed by atoms with Crippen molar-refractivity contribution < 1.29 is 6.48 Å². The third-order valence-corrected chi connectivity index (χ3v) is 1.91. The Bertz CT molecular complexity index is 254. The van der Waals surface area contributed by atoms with Gasteiger partial charge in [0.25, 0.3) is 0 Å². The minimum Gasteiger partial charge on any atom is -0.392 e. The first-order valence-corrected chi connectivity index (χ1v) is 3.47. The zero-order valence-electron chi connectivity index (χ0n) is 6.67. The van der Waals surface area contributed by atoms with Gasteiger partial charge < -0.3 is 5.11 Å². The van der Waals surface area contributed by atoms with E-state index >= 15 is 0 Å². The molecule has 1 nitrogen and oxygen atoms in total. The Morgan fingerprint density at radius 1 is 1.30 bits per heavy atom. The highest BCUT2D eigenvalue weighted by molar-refractivity contribution is 5.32. The van der Waals surface area contributed by atoms with E-state index in [-0.39, 0.29) is 0 Å². The first-order valence-electron chi connectivity index (χ1n) is 3.97. The summed E-state index contributed by atoms with van der Waals surface area (Å²) in [6.45, 7) is 0. The smallest absolute Gasteiger partial charge is 0.0621 e. The number of rotatable bonds is 0. The summed E-state index contributed by atoms with van der Waals surface area (Å²) in [5, 5.41) is 9.38. The molecule has 1 aliphatic rings. The zero-order valence-corrected chi connectivity index (χ0v) is 5.67. The first kappa shape index (κ1) is 4.91. The quantitative estimate of drug-likeness (QED) is 0.565. The minimum atomic E-state index is -1.25. The van der Waals surface area contributed by atoms with Crippen molar-refractivity contribution in [2.45, 2.75) is 18.9 Å². The monoisotopic (exact) mass is 135 g/mol. The molecule has 0 unspecified atom stereocenters. The minimum absolute atomic E-state index is 0.475. The van der Waals surface area contributed by atoms with Gasteiger partial charge >= 0.3 is 0 Å². The summed E-state index contributed by atoms with van der Waals surface area (Å²) in [5.74, 6) is 0. The van der Waals surface area contributed by atoms with Gasteiger partial charge in [-0.2, -0.15) is 0 Å². The van der Waals surface area contributed by atoms with Crippen LogP contribution in [0.2, 0.25) is 0 Å². The van der Waals surface area contributed by atoms with Crippen LogP contribution in [-0.2, 0) is 12.8 Å².